The van der Waals surface area contributed by atoms with Crippen molar-refractivity contribution in [2.45, 2.75) is 38.8 Å². The van der Waals surface area contributed by atoms with Crippen LogP contribution in [0.15, 0.2) is 21.2 Å². The SMILES string of the molecule is CCCCCCOCC(F)c1ccc(Br)c(Br)n1. The number of pyridine rings is 1. The monoisotopic (exact) mass is 381 g/mol. The van der Waals surface area contributed by atoms with Gasteiger partial charge in [0.15, 0.2) is 6.17 Å². The molecule has 0 saturated carbocycles. The van der Waals surface area contributed by atoms with Gasteiger partial charge >= 0.3 is 0 Å². The third-order valence-electron chi connectivity index (χ3n) is 2.55. The van der Waals surface area contributed by atoms with E-state index in [0.29, 0.717) is 16.9 Å². The number of ether oxygens (including phenoxy) is 1. The Labute approximate surface area is 125 Å². The lowest BCUT2D eigenvalue weighted by Gasteiger charge is -2.09. The maximum Gasteiger partial charge on any atom is 0.165 e. The summed E-state index contributed by atoms with van der Waals surface area (Å²) in [6.07, 6.45) is 3.39. The highest BCUT2D eigenvalue weighted by molar-refractivity contribution is 9.13. The molecule has 5 heteroatoms. The molecule has 0 bridgehead atoms. The van der Waals surface area contributed by atoms with Crippen LogP contribution >= 0.6 is 31.9 Å². The molecule has 0 N–H and O–H groups in total. The van der Waals surface area contributed by atoms with E-state index >= 15 is 0 Å². The van der Waals surface area contributed by atoms with Crippen LogP contribution in [0.25, 0.3) is 0 Å². The van der Waals surface area contributed by atoms with Gasteiger partial charge in [-0.2, -0.15) is 0 Å². The number of unbranched alkanes of at least 4 members (excludes halogenated alkanes) is 3. The van der Waals surface area contributed by atoms with Crippen LogP contribution in [-0.4, -0.2) is 18.2 Å². The summed E-state index contributed by atoms with van der Waals surface area (Å²) in [5, 5.41) is 0. The van der Waals surface area contributed by atoms with Crippen molar-refractivity contribution in [3.63, 3.8) is 0 Å². The van der Waals surface area contributed by atoms with Crippen molar-refractivity contribution in [1.82, 2.24) is 4.98 Å². The second-order valence-corrected chi connectivity index (χ2v) is 5.72. The maximum atomic E-state index is 13.8. The zero-order valence-corrected chi connectivity index (χ0v) is 13.6. The van der Waals surface area contributed by atoms with Crippen molar-refractivity contribution in [3.05, 3.63) is 26.9 Å². The topological polar surface area (TPSA) is 22.1 Å². The molecule has 18 heavy (non-hydrogen) atoms. The maximum absolute atomic E-state index is 13.8. The van der Waals surface area contributed by atoms with Gasteiger partial charge in [-0.1, -0.05) is 26.2 Å². The molecule has 2 nitrogen and oxygen atoms in total. The third-order valence-corrected chi connectivity index (χ3v) is 4.33. The smallest absolute Gasteiger partial charge is 0.165 e. The molecule has 1 heterocycles. The number of nitrogens with zero attached hydrogens (tertiary/aromatic N) is 1. The van der Waals surface area contributed by atoms with Crippen LogP contribution in [-0.2, 0) is 4.74 Å². The van der Waals surface area contributed by atoms with E-state index in [4.69, 9.17) is 4.74 Å². The summed E-state index contributed by atoms with van der Waals surface area (Å²) >= 11 is 6.56. The van der Waals surface area contributed by atoms with Crippen LogP contribution in [0.3, 0.4) is 0 Å². The zero-order valence-electron chi connectivity index (χ0n) is 10.5. The predicted molar refractivity (Wildman–Crippen MR) is 78.4 cm³/mol. The van der Waals surface area contributed by atoms with Crippen LogP contribution in [0.1, 0.15) is 44.5 Å². The fourth-order valence-electron chi connectivity index (χ4n) is 1.51. The normalized spacial score (nSPS) is 12.7. The van der Waals surface area contributed by atoms with Gasteiger partial charge in [0, 0.05) is 6.61 Å². The number of rotatable bonds is 8. The van der Waals surface area contributed by atoms with Crippen LogP contribution in [0.4, 0.5) is 4.39 Å². The summed E-state index contributed by atoms with van der Waals surface area (Å²) in [5.74, 6) is 0. The first-order chi connectivity index (χ1) is 8.65. The molecule has 0 saturated heterocycles. The number of aromatic nitrogens is 1. The second-order valence-electron chi connectivity index (χ2n) is 4.11. The summed E-state index contributed by atoms with van der Waals surface area (Å²) < 4.78 is 20.6. The molecular weight excluding hydrogens is 365 g/mol. The Kier molecular flexibility index (Phi) is 8.02. The lowest BCUT2D eigenvalue weighted by molar-refractivity contribution is 0.0763. The van der Waals surface area contributed by atoms with E-state index < -0.39 is 6.17 Å². The fourth-order valence-corrected chi connectivity index (χ4v) is 2.07. The molecule has 0 fully saturated rings. The van der Waals surface area contributed by atoms with Crippen LogP contribution in [0, 0.1) is 0 Å². The van der Waals surface area contributed by atoms with Crippen molar-refractivity contribution in [2.75, 3.05) is 13.2 Å². The number of halogens is 3. The van der Waals surface area contributed by atoms with Crippen molar-refractivity contribution >= 4 is 31.9 Å². The molecular formula is C13H18Br2FNO. The van der Waals surface area contributed by atoms with E-state index in [1.54, 1.807) is 12.1 Å². The van der Waals surface area contributed by atoms with Crippen molar-refractivity contribution in [3.8, 4) is 0 Å². The highest BCUT2D eigenvalue weighted by Crippen LogP contribution is 2.24. The lowest BCUT2D eigenvalue weighted by Crippen LogP contribution is -2.06. The molecule has 0 aromatic carbocycles. The van der Waals surface area contributed by atoms with Gasteiger partial charge in [-0.25, -0.2) is 9.37 Å². The summed E-state index contributed by atoms with van der Waals surface area (Å²) in [7, 11) is 0. The predicted octanol–water partition coefficient (Wildman–Crippen LogP) is 5.21. The lowest BCUT2D eigenvalue weighted by atomic mass is 10.2. The van der Waals surface area contributed by atoms with Gasteiger partial charge in [-0.15, -0.1) is 0 Å². The third kappa shape index (κ3) is 5.76. The molecule has 1 rings (SSSR count). The first kappa shape index (κ1) is 16.1. The first-order valence-electron chi connectivity index (χ1n) is 6.19. The molecule has 0 spiro atoms. The van der Waals surface area contributed by atoms with Crippen LogP contribution < -0.4 is 0 Å². The van der Waals surface area contributed by atoms with Crippen LogP contribution in [0.5, 0.6) is 0 Å². The minimum Gasteiger partial charge on any atom is -0.378 e. The Bertz CT molecular complexity index is 363. The fraction of sp³-hybridized carbons (Fsp3) is 0.615. The Morgan fingerprint density at radius 1 is 1.28 bits per heavy atom. The molecule has 1 aromatic rings. The molecule has 102 valence electrons. The molecule has 0 aliphatic heterocycles. The largest absolute Gasteiger partial charge is 0.378 e. The second kappa shape index (κ2) is 8.99. The van der Waals surface area contributed by atoms with Crippen molar-refractivity contribution in [1.29, 1.82) is 0 Å². The van der Waals surface area contributed by atoms with E-state index in [1.165, 1.54) is 12.8 Å². The van der Waals surface area contributed by atoms with E-state index in [2.05, 4.69) is 43.8 Å². The standard InChI is InChI=1S/C13H18Br2FNO/c1-2-3-4-5-8-18-9-11(16)12-7-6-10(14)13(15)17-12/h6-7,11H,2-5,8-9H2,1H3. The highest BCUT2D eigenvalue weighted by Gasteiger charge is 2.12. The minimum absolute atomic E-state index is 0.0766. The van der Waals surface area contributed by atoms with E-state index in [-0.39, 0.29) is 6.61 Å². The molecule has 0 amide bonds. The molecule has 0 aliphatic rings. The minimum atomic E-state index is -1.17. The highest BCUT2D eigenvalue weighted by atomic mass is 79.9. The van der Waals surface area contributed by atoms with Gasteiger partial charge in [0.2, 0.25) is 0 Å². The Balaban J connectivity index is 2.27. The van der Waals surface area contributed by atoms with Crippen molar-refractivity contribution in [2.24, 2.45) is 0 Å². The number of alkyl halides is 1. The van der Waals surface area contributed by atoms with E-state index in [0.717, 1.165) is 17.3 Å². The zero-order chi connectivity index (χ0) is 13.4. The molecule has 1 aromatic heterocycles. The molecule has 0 radical (unpaired) electrons. The van der Waals surface area contributed by atoms with Gasteiger partial charge in [-0.05, 0) is 50.4 Å². The Hall–Kier alpha value is -0.0000000000000000555. The van der Waals surface area contributed by atoms with Gasteiger partial charge in [0.1, 0.15) is 4.60 Å². The van der Waals surface area contributed by atoms with Crippen molar-refractivity contribution < 1.29 is 9.13 Å². The summed E-state index contributed by atoms with van der Waals surface area (Å²) in [6.45, 7) is 2.86. The van der Waals surface area contributed by atoms with Gasteiger partial charge in [-0.3, -0.25) is 0 Å². The quantitative estimate of drug-likeness (QED) is 0.454. The summed E-state index contributed by atoms with van der Waals surface area (Å²) in [5.41, 5.74) is 0.402. The Morgan fingerprint density at radius 3 is 2.72 bits per heavy atom. The molecule has 1 unspecified atom stereocenters. The van der Waals surface area contributed by atoms with E-state index in [1.807, 2.05) is 0 Å². The number of hydrogen-bond donors (Lipinski definition) is 0. The van der Waals surface area contributed by atoms with Gasteiger partial charge in [0.25, 0.3) is 0 Å². The Morgan fingerprint density at radius 2 is 2.06 bits per heavy atom. The summed E-state index contributed by atoms with van der Waals surface area (Å²) in [6, 6.07) is 3.44. The van der Waals surface area contributed by atoms with Gasteiger partial charge < -0.3 is 4.74 Å². The molecule has 0 aliphatic carbocycles. The molecule has 1 atom stereocenters. The van der Waals surface area contributed by atoms with E-state index in [9.17, 15) is 4.39 Å². The van der Waals surface area contributed by atoms with Gasteiger partial charge in [0.05, 0.1) is 16.8 Å². The summed E-state index contributed by atoms with van der Waals surface area (Å²) in [4.78, 5) is 4.12. The average molecular weight is 383 g/mol. The first-order valence-corrected chi connectivity index (χ1v) is 7.77. The number of hydrogen-bond acceptors (Lipinski definition) is 2. The average Bonchev–Trinajstić information content (AvgIpc) is 2.36. The van der Waals surface area contributed by atoms with Crippen LogP contribution in [0.2, 0.25) is 0 Å².